The van der Waals surface area contributed by atoms with E-state index >= 15 is 0 Å². The molecular weight excluding hydrogens is 324 g/mol. The number of aliphatic hydroxyl groups is 2. The van der Waals surface area contributed by atoms with Gasteiger partial charge in [-0.2, -0.15) is 0 Å². The fraction of sp³-hybridized carbons (Fsp3) is 0.474. The quantitative estimate of drug-likeness (QED) is 0.651. The van der Waals surface area contributed by atoms with Crippen molar-refractivity contribution in [3.63, 3.8) is 0 Å². The number of carbonyl (C=O) groups is 2. The molecule has 0 amide bonds. The summed E-state index contributed by atoms with van der Waals surface area (Å²) in [6.07, 6.45) is -2.31. The number of benzene rings is 1. The second-order valence-electron chi connectivity index (χ2n) is 7.68. The van der Waals surface area contributed by atoms with Crippen LogP contribution in [0.1, 0.15) is 41.8 Å². The number of aromatic hydroxyl groups is 1. The molecule has 0 radical (unpaired) electrons. The van der Waals surface area contributed by atoms with Gasteiger partial charge in [0, 0.05) is 23.1 Å². The van der Waals surface area contributed by atoms with Gasteiger partial charge in [0.1, 0.15) is 29.7 Å². The number of ether oxygens (including phenoxy) is 1. The molecule has 3 N–H and O–H groups in total. The lowest BCUT2D eigenvalue weighted by Gasteiger charge is -2.46. The Balaban J connectivity index is 1.82. The van der Waals surface area contributed by atoms with Crippen molar-refractivity contribution in [1.29, 1.82) is 0 Å². The molecular formula is C19H18O6. The zero-order chi connectivity index (χ0) is 17.7. The average molecular weight is 342 g/mol. The fourth-order valence-electron chi connectivity index (χ4n) is 5.17. The molecule has 1 heterocycles. The van der Waals surface area contributed by atoms with Crippen molar-refractivity contribution in [2.24, 2.45) is 11.8 Å². The lowest BCUT2D eigenvalue weighted by molar-refractivity contribution is -0.125. The summed E-state index contributed by atoms with van der Waals surface area (Å²) in [6, 6.07) is 4.54. The topological polar surface area (TPSA) is 104 Å². The van der Waals surface area contributed by atoms with Crippen LogP contribution in [0.3, 0.4) is 0 Å². The molecule has 0 saturated carbocycles. The maximum atomic E-state index is 13.2. The molecule has 6 nitrogen and oxygen atoms in total. The van der Waals surface area contributed by atoms with Gasteiger partial charge in [0.15, 0.2) is 11.6 Å². The van der Waals surface area contributed by atoms with Gasteiger partial charge < -0.3 is 20.1 Å². The predicted octanol–water partition coefficient (Wildman–Crippen LogP) is 1.05. The van der Waals surface area contributed by atoms with Crippen molar-refractivity contribution in [2.75, 3.05) is 0 Å². The molecule has 0 unspecified atom stereocenters. The first-order valence-electron chi connectivity index (χ1n) is 8.53. The summed E-state index contributed by atoms with van der Waals surface area (Å²) >= 11 is 0. The first-order valence-corrected chi connectivity index (χ1v) is 8.53. The molecule has 4 aliphatic rings. The van der Waals surface area contributed by atoms with E-state index in [9.17, 15) is 24.9 Å². The lowest BCUT2D eigenvalue weighted by atomic mass is 9.58. The number of rotatable bonds is 0. The van der Waals surface area contributed by atoms with Gasteiger partial charge in [0.2, 0.25) is 0 Å². The predicted molar refractivity (Wildman–Crippen MR) is 84.9 cm³/mol. The maximum Gasteiger partial charge on any atom is 0.174 e. The molecule has 1 aliphatic heterocycles. The molecule has 5 rings (SSSR count). The van der Waals surface area contributed by atoms with E-state index in [0.29, 0.717) is 24.0 Å². The zero-order valence-electron chi connectivity index (χ0n) is 13.6. The number of hydrogen-bond acceptors (Lipinski definition) is 6. The second kappa shape index (κ2) is 4.58. The molecule has 6 heteroatoms. The summed E-state index contributed by atoms with van der Waals surface area (Å²) in [5.74, 6) is -1.80. The van der Waals surface area contributed by atoms with Crippen LogP contribution >= 0.6 is 0 Å². The monoisotopic (exact) mass is 342 g/mol. The summed E-state index contributed by atoms with van der Waals surface area (Å²) in [6.45, 7) is 1.94. The largest absolute Gasteiger partial charge is 0.508 e. The van der Waals surface area contributed by atoms with Gasteiger partial charge in [0.25, 0.3) is 0 Å². The van der Waals surface area contributed by atoms with Crippen LogP contribution in [-0.4, -0.2) is 44.7 Å². The van der Waals surface area contributed by atoms with Crippen LogP contribution in [0.15, 0.2) is 29.3 Å². The number of carbonyl (C=O) groups excluding carboxylic acids is 2. The number of aliphatic hydroxyl groups excluding tert-OH is 1. The van der Waals surface area contributed by atoms with Crippen molar-refractivity contribution in [3.8, 4) is 5.75 Å². The minimum absolute atomic E-state index is 0.0968. The Morgan fingerprint density at radius 3 is 2.76 bits per heavy atom. The Kier molecular flexibility index (Phi) is 2.79. The van der Waals surface area contributed by atoms with Gasteiger partial charge in [-0.1, -0.05) is 19.1 Å². The maximum absolute atomic E-state index is 13.2. The molecule has 3 aliphatic carbocycles. The van der Waals surface area contributed by atoms with E-state index in [2.05, 4.69) is 0 Å². The molecule has 0 aromatic heterocycles. The van der Waals surface area contributed by atoms with Gasteiger partial charge in [-0.05, 0) is 24.0 Å². The van der Waals surface area contributed by atoms with E-state index < -0.39 is 35.6 Å². The van der Waals surface area contributed by atoms with Crippen LogP contribution in [0.5, 0.6) is 5.75 Å². The third kappa shape index (κ3) is 1.60. The van der Waals surface area contributed by atoms with E-state index in [0.717, 1.165) is 0 Å². The Labute approximate surface area is 143 Å². The third-order valence-electron chi connectivity index (χ3n) is 6.18. The summed E-state index contributed by atoms with van der Waals surface area (Å²) < 4.78 is 5.97. The smallest absolute Gasteiger partial charge is 0.174 e. The van der Waals surface area contributed by atoms with Crippen molar-refractivity contribution in [3.05, 3.63) is 40.5 Å². The molecule has 2 bridgehead atoms. The molecule has 1 aromatic rings. The van der Waals surface area contributed by atoms with Crippen LogP contribution in [0.2, 0.25) is 0 Å². The molecule has 130 valence electrons. The molecule has 0 spiro atoms. The Bertz CT molecular complexity index is 871. The Hall–Kier alpha value is -2.02. The zero-order valence-corrected chi connectivity index (χ0v) is 13.6. The number of phenolic OH excluding ortho intramolecular Hbond substituents is 1. The van der Waals surface area contributed by atoms with Crippen molar-refractivity contribution in [1.82, 2.24) is 0 Å². The number of fused-ring (bicyclic) bond motifs is 5. The van der Waals surface area contributed by atoms with Crippen LogP contribution in [-0.2, 0) is 9.53 Å². The van der Waals surface area contributed by atoms with E-state index in [-0.39, 0.29) is 28.6 Å². The average Bonchev–Trinajstić information content (AvgIpc) is 2.76. The first-order chi connectivity index (χ1) is 11.9. The molecule has 1 aromatic carbocycles. The van der Waals surface area contributed by atoms with Gasteiger partial charge >= 0.3 is 0 Å². The fourth-order valence-corrected chi connectivity index (χ4v) is 5.17. The van der Waals surface area contributed by atoms with Crippen LogP contribution < -0.4 is 0 Å². The summed E-state index contributed by atoms with van der Waals surface area (Å²) in [7, 11) is 0. The van der Waals surface area contributed by atoms with Crippen LogP contribution in [0, 0.1) is 11.8 Å². The number of Topliss-reactive ketones (excluding diaryl/α,β-unsaturated/α-hetero) is 2. The van der Waals surface area contributed by atoms with Gasteiger partial charge in [0.05, 0.1) is 5.92 Å². The van der Waals surface area contributed by atoms with E-state index in [1.165, 1.54) is 6.07 Å². The molecule has 25 heavy (non-hydrogen) atoms. The first kappa shape index (κ1) is 15.3. The van der Waals surface area contributed by atoms with E-state index in [4.69, 9.17) is 4.74 Å². The van der Waals surface area contributed by atoms with Crippen LogP contribution in [0.25, 0.3) is 0 Å². The summed E-state index contributed by atoms with van der Waals surface area (Å²) in [4.78, 5) is 25.9. The summed E-state index contributed by atoms with van der Waals surface area (Å²) in [5, 5.41) is 32.4. The van der Waals surface area contributed by atoms with Crippen molar-refractivity contribution < 1.29 is 29.6 Å². The second-order valence-corrected chi connectivity index (χ2v) is 7.68. The standard InChI is InChI=1S/C19H18O6/c1-7-5-9-12(11(21)6-7)14-15(22)8-3-2-4-10(20)13(8)18-19(14,24)17(23)16(9)25-18/h2-4,7,14,16-18,20,23-24H,5-6H2,1H3/t7-,14+,16+,17+,18-,19+/m0/s1. The number of ketones is 2. The van der Waals surface area contributed by atoms with E-state index in [1.807, 2.05) is 6.92 Å². The van der Waals surface area contributed by atoms with Crippen molar-refractivity contribution >= 4 is 11.6 Å². The Morgan fingerprint density at radius 1 is 1.24 bits per heavy atom. The highest BCUT2D eigenvalue weighted by atomic mass is 16.6. The number of phenols is 1. The molecule has 1 saturated heterocycles. The summed E-state index contributed by atoms with van der Waals surface area (Å²) in [5.41, 5.74) is -0.532. The van der Waals surface area contributed by atoms with Crippen LogP contribution in [0.4, 0.5) is 0 Å². The normalized spacial score (nSPS) is 41.6. The Morgan fingerprint density at radius 2 is 2.00 bits per heavy atom. The SMILES string of the molecule is C[C@@H]1CC(=O)C2=C(C1)[C@H]1O[C@H]3c4c(O)cccc4C(=O)[C@@H]2[C@@]3(O)[C@@H]1O. The van der Waals surface area contributed by atoms with Gasteiger partial charge in [-0.15, -0.1) is 0 Å². The minimum Gasteiger partial charge on any atom is -0.508 e. The highest BCUT2D eigenvalue weighted by Crippen LogP contribution is 2.61. The third-order valence-corrected chi connectivity index (χ3v) is 6.18. The highest BCUT2D eigenvalue weighted by Gasteiger charge is 2.70. The number of hydrogen-bond donors (Lipinski definition) is 3. The molecule has 6 atom stereocenters. The lowest BCUT2D eigenvalue weighted by Crippen LogP contribution is -2.60. The highest BCUT2D eigenvalue weighted by molar-refractivity contribution is 6.11. The van der Waals surface area contributed by atoms with Crippen molar-refractivity contribution in [2.45, 2.75) is 43.7 Å². The van der Waals surface area contributed by atoms with E-state index in [1.54, 1.807) is 12.1 Å². The molecule has 1 fully saturated rings. The van der Waals surface area contributed by atoms with Gasteiger partial charge in [-0.3, -0.25) is 9.59 Å². The minimum atomic E-state index is -1.93. The van der Waals surface area contributed by atoms with Gasteiger partial charge in [-0.25, -0.2) is 0 Å².